The van der Waals surface area contributed by atoms with Gasteiger partial charge in [-0.2, -0.15) is 4.31 Å². The molecule has 1 unspecified atom stereocenters. The van der Waals surface area contributed by atoms with E-state index in [0.717, 1.165) is 27.6 Å². The SMILES string of the molecule is CCOC(=O)C1CCCN1C(=O)CN(CCc1ccc(C(C)C)cc1)S(=O)(=O)c1cc(C(=N)N)ccc1O. The molecule has 0 saturated carbocycles. The number of nitrogens with zero attached hydrogens (tertiary/aromatic N) is 2. The number of nitrogen functional groups attached to an aromatic ring is 1. The number of nitrogens with two attached hydrogens (primary N) is 1. The molecular formula is C27H36N4O6S. The van der Waals surface area contributed by atoms with Gasteiger partial charge in [-0.25, -0.2) is 13.2 Å². The number of phenols is 1. The van der Waals surface area contributed by atoms with Crippen LogP contribution in [0.2, 0.25) is 0 Å². The Bertz CT molecular complexity index is 1280. The number of aromatic hydroxyl groups is 1. The van der Waals surface area contributed by atoms with Gasteiger partial charge < -0.3 is 20.5 Å². The average molecular weight is 545 g/mol. The Labute approximate surface area is 223 Å². The van der Waals surface area contributed by atoms with Gasteiger partial charge in [0.2, 0.25) is 15.9 Å². The number of carbonyl (C=O) groups excluding carboxylic acids is 2. The highest BCUT2D eigenvalue weighted by Gasteiger charge is 2.38. The summed E-state index contributed by atoms with van der Waals surface area (Å²) in [5.41, 5.74) is 7.70. The summed E-state index contributed by atoms with van der Waals surface area (Å²) in [6.07, 6.45) is 1.37. The van der Waals surface area contributed by atoms with Gasteiger partial charge in [0.15, 0.2) is 0 Å². The molecule has 1 aliphatic rings. The third-order valence-corrected chi connectivity index (χ3v) is 8.50. The number of benzene rings is 2. The van der Waals surface area contributed by atoms with Gasteiger partial charge in [-0.1, -0.05) is 38.1 Å². The zero-order valence-corrected chi connectivity index (χ0v) is 22.8. The van der Waals surface area contributed by atoms with Gasteiger partial charge in [0, 0.05) is 18.7 Å². The van der Waals surface area contributed by atoms with Crippen molar-refractivity contribution < 1.29 is 27.9 Å². The molecule has 10 nitrogen and oxygen atoms in total. The molecule has 0 bridgehead atoms. The number of amidine groups is 1. The molecule has 11 heteroatoms. The molecule has 1 aliphatic heterocycles. The molecule has 1 atom stereocenters. The van der Waals surface area contributed by atoms with Gasteiger partial charge in [0.05, 0.1) is 13.2 Å². The van der Waals surface area contributed by atoms with Crippen molar-refractivity contribution in [3.63, 3.8) is 0 Å². The third kappa shape index (κ3) is 6.70. The lowest BCUT2D eigenvalue weighted by Crippen LogP contribution is -2.47. The Balaban J connectivity index is 1.92. The van der Waals surface area contributed by atoms with Crippen LogP contribution in [-0.2, 0) is 30.8 Å². The maximum absolute atomic E-state index is 13.8. The van der Waals surface area contributed by atoms with E-state index in [1.165, 1.54) is 11.0 Å². The van der Waals surface area contributed by atoms with E-state index >= 15 is 0 Å². The first-order valence-electron chi connectivity index (χ1n) is 12.7. The van der Waals surface area contributed by atoms with Crippen LogP contribution in [0.1, 0.15) is 56.2 Å². The molecule has 1 amide bonds. The third-order valence-electron chi connectivity index (χ3n) is 6.63. The number of ether oxygens (including phenoxy) is 1. The second-order valence-electron chi connectivity index (χ2n) is 9.58. The van der Waals surface area contributed by atoms with Gasteiger partial charge in [-0.15, -0.1) is 0 Å². The second kappa shape index (κ2) is 12.4. The predicted octanol–water partition coefficient (Wildman–Crippen LogP) is 2.59. The number of hydrogen-bond acceptors (Lipinski definition) is 7. The lowest BCUT2D eigenvalue weighted by atomic mass is 10.0. The van der Waals surface area contributed by atoms with Crippen LogP contribution in [0.5, 0.6) is 5.75 Å². The number of rotatable bonds is 11. The molecule has 1 heterocycles. The van der Waals surface area contributed by atoms with Gasteiger partial charge in [-0.05, 0) is 61.4 Å². The summed E-state index contributed by atoms with van der Waals surface area (Å²) in [5, 5.41) is 18.1. The van der Waals surface area contributed by atoms with Crippen LogP contribution in [0.3, 0.4) is 0 Å². The molecule has 1 saturated heterocycles. The van der Waals surface area contributed by atoms with Crippen LogP contribution in [0.15, 0.2) is 47.4 Å². The number of hydrogen-bond donors (Lipinski definition) is 3. The summed E-state index contributed by atoms with van der Waals surface area (Å²) in [7, 11) is -4.38. The molecule has 0 aliphatic carbocycles. The minimum Gasteiger partial charge on any atom is -0.507 e. The maximum Gasteiger partial charge on any atom is 0.328 e. The molecule has 206 valence electrons. The summed E-state index contributed by atoms with van der Waals surface area (Å²) in [6, 6.07) is 10.7. The van der Waals surface area contributed by atoms with Crippen molar-refractivity contribution in [3.8, 4) is 5.75 Å². The van der Waals surface area contributed by atoms with Crippen LogP contribution < -0.4 is 5.73 Å². The number of likely N-dealkylation sites (tertiary alicyclic amines) is 1. The fourth-order valence-electron chi connectivity index (χ4n) is 4.42. The minimum atomic E-state index is -4.38. The van der Waals surface area contributed by atoms with E-state index in [2.05, 4.69) is 13.8 Å². The highest BCUT2D eigenvalue weighted by Crippen LogP contribution is 2.28. The molecule has 2 aromatic rings. The van der Waals surface area contributed by atoms with Gasteiger partial charge in [0.1, 0.15) is 22.5 Å². The van der Waals surface area contributed by atoms with E-state index in [0.29, 0.717) is 31.7 Å². The summed E-state index contributed by atoms with van der Waals surface area (Å²) in [5.74, 6) is -1.56. The van der Waals surface area contributed by atoms with Crippen molar-refractivity contribution in [2.45, 2.75) is 56.9 Å². The van der Waals surface area contributed by atoms with Crippen molar-refractivity contribution in [2.24, 2.45) is 5.73 Å². The van der Waals surface area contributed by atoms with Crippen LogP contribution in [0.4, 0.5) is 0 Å². The van der Waals surface area contributed by atoms with E-state index in [-0.39, 0.29) is 24.6 Å². The maximum atomic E-state index is 13.8. The fourth-order valence-corrected chi connectivity index (χ4v) is 5.92. The number of sulfonamides is 1. The molecular weight excluding hydrogens is 508 g/mol. The van der Waals surface area contributed by atoms with E-state index in [1.807, 2.05) is 24.3 Å². The Morgan fingerprint density at radius 2 is 1.89 bits per heavy atom. The van der Waals surface area contributed by atoms with Gasteiger partial charge in [-0.3, -0.25) is 10.2 Å². The first kappa shape index (κ1) is 29.1. The number of amides is 1. The molecule has 2 aromatic carbocycles. The lowest BCUT2D eigenvalue weighted by Gasteiger charge is -2.28. The Hall–Kier alpha value is -3.44. The van der Waals surface area contributed by atoms with Crippen LogP contribution in [0, 0.1) is 5.41 Å². The quantitative estimate of drug-likeness (QED) is 0.223. The highest BCUT2D eigenvalue weighted by atomic mass is 32.2. The Kier molecular flexibility index (Phi) is 9.50. The topological polar surface area (TPSA) is 154 Å². The molecule has 3 rings (SSSR count). The zero-order valence-electron chi connectivity index (χ0n) is 22.0. The van der Waals surface area contributed by atoms with Crippen LogP contribution >= 0.6 is 0 Å². The summed E-state index contributed by atoms with van der Waals surface area (Å²) in [6.45, 7) is 5.78. The van der Waals surface area contributed by atoms with E-state index in [1.54, 1.807) is 6.92 Å². The smallest absolute Gasteiger partial charge is 0.328 e. The Morgan fingerprint density at radius 3 is 2.50 bits per heavy atom. The minimum absolute atomic E-state index is 0.0449. The number of carbonyl (C=O) groups is 2. The second-order valence-corrected chi connectivity index (χ2v) is 11.5. The number of phenolic OH excluding ortho intramolecular Hbond substituents is 1. The number of esters is 1. The van der Waals surface area contributed by atoms with Crippen molar-refractivity contribution >= 4 is 27.7 Å². The average Bonchev–Trinajstić information content (AvgIpc) is 3.37. The first-order valence-corrected chi connectivity index (χ1v) is 14.1. The molecule has 38 heavy (non-hydrogen) atoms. The largest absolute Gasteiger partial charge is 0.507 e. The predicted molar refractivity (Wildman–Crippen MR) is 143 cm³/mol. The first-order chi connectivity index (χ1) is 17.9. The standard InChI is InChI=1S/C27H36N4O6S/c1-4-37-27(34)22-6-5-14-31(22)25(33)17-30(15-13-19-7-9-20(10-8-19)18(2)3)38(35,36)24-16-21(26(28)29)11-12-23(24)32/h7-12,16,18,22,32H,4-6,13-15,17H2,1-3H3,(H3,28,29). The monoisotopic (exact) mass is 544 g/mol. The summed E-state index contributed by atoms with van der Waals surface area (Å²) >= 11 is 0. The van der Waals surface area contributed by atoms with E-state index in [4.69, 9.17) is 15.9 Å². The highest BCUT2D eigenvalue weighted by molar-refractivity contribution is 7.89. The van der Waals surface area contributed by atoms with E-state index in [9.17, 15) is 23.1 Å². The molecule has 0 radical (unpaired) electrons. The molecule has 0 spiro atoms. The molecule has 4 N–H and O–H groups in total. The fraction of sp³-hybridized carbons (Fsp3) is 0.444. The Morgan fingerprint density at radius 1 is 1.21 bits per heavy atom. The van der Waals surface area contributed by atoms with Crippen LogP contribution in [-0.4, -0.2) is 72.7 Å². The van der Waals surface area contributed by atoms with Gasteiger partial charge >= 0.3 is 5.97 Å². The van der Waals surface area contributed by atoms with Crippen LogP contribution in [0.25, 0.3) is 0 Å². The van der Waals surface area contributed by atoms with Crippen molar-refractivity contribution in [3.05, 3.63) is 59.2 Å². The molecule has 0 aromatic heterocycles. The van der Waals surface area contributed by atoms with E-state index < -0.39 is 45.1 Å². The van der Waals surface area contributed by atoms with Crippen molar-refractivity contribution in [1.29, 1.82) is 5.41 Å². The van der Waals surface area contributed by atoms with Gasteiger partial charge in [0.25, 0.3) is 0 Å². The summed E-state index contributed by atoms with van der Waals surface area (Å²) < 4.78 is 33.6. The summed E-state index contributed by atoms with van der Waals surface area (Å²) in [4.78, 5) is 26.6. The van der Waals surface area contributed by atoms with Crippen molar-refractivity contribution in [2.75, 3.05) is 26.2 Å². The normalized spacial score (nSPS) is 15.7. The number of nitrogens with one attached hydrogen (secondary N) is 1. The van der Waals surface area contributed by atoms with Crippen molar-refractivity contribution in [1.82, 2.24) is 9.21 Å². The molecule has 1 fully saturated rings. The lowest BCUT2D eigenvalue weighted by molar-refractivity contribution is -0.153. The zero-order chi connectivity index (χ0) is 28.0.